The molecule has 0 bridgehead atoms. The van der Waals surface area contributed by atoms with Gasteiger partial charge < -0.3 is 20.0 Å². The molecule has 2 aromatic rings. The monoisotopic (exact) mass is 458 g/mol. The van der Waals surface area contributed by atoms with Gasteiger partial charge in [-0.25, -0.2) is 0 Å². The fraction of sp³-hybridized carbons (Fsp3) is 0.536. The zero-order chi connectivity index (χ0) is 23.4. The summed E-state index contributed by atoms with van der Waals surface area (Å²) in [5.41, 5.74) is 4.93. The number of anilines is 2. The molecule has 180 valence electrons. The lowest BCUT2D eigenvalue weighted by molar-refractivity contribution is 0.0628. The summed E-state index contributed by atoms with van der Waals surface area (Å²) in [5.74, 6) is 4.22. The van der Waals surface area contributed by atoms with Crippen LogP contribution in [-0.2, 0) is 7.05 Å². The molecular weight excluding hydrogens is 420 g/mol. The Labute approximate surface area is 203 Å². The van der Waals surface area contributed by atoms with Crippen molar-refractivity contribution in [1.82, 2.24) is 20.0 Å². The van der Waals surface area contributed by atoms with Gasteiger partial charge in [-0.05, 0) is 37.0 Å². The fourth-order valence-electron chi connectivity index (χ4n) is 6.33. The number of allylic oxidation sites excluding steroid dienone is 1. The summed E-state index contributed by atoms with van der Waals surface area (Å²) in [6, 6.07) is 6.80. The maximum absolute atomic E-state index is 4.84. The predicted molar refractivity (Wildman–Crippen MR) is 141 cm³/mol. The second-order valence-corrected chi connectivity index (χ2v) is 10.9. The predicted octanol–water partition coefficient (Wildman–Crippen LogP) is 4.82. The Morgan fingerprint density at radius 1 is 1.03 bits per heavy atom. The van der Waals surface area contributed by atoms with Crippen LogP contribution >= 0.6 is 0 Å². The van der Waals surface area contributed by atoms with E-state index < -0.39 is 0 Å². The summed E-state index contributed by atoms with van der Waals surface area (Å²) in [6.07, 6.45) is 7.80. The number of fused-ring (bicyclic) bond motifs is 1. The van der Waals surface area contributed by atoms with Gasteiger partial charge in [0, 0.05) is 80.5 Å². The van der Waals surface area contributed by atoms with Crippen molar-refractivity contribution in [2.45, 2.75) is 38.5 Å². The van der Waals surface area contributed by atoms with E-state index in [-0.39, 0.29) is 0 Å². The molecule has 6 nitrogen and oxygen atoms in total. The molecule has 3 aliphatic heterocycles. The normalized spacial score (nSPS) is 22.7. The fourth-order valence-corrected chi connectivity index (χ4v) is 6.33. The summed E-state index contributed by atoms with van der Waals surface area (Å²) >= 11 is 0. The van der Waals surface area contributed by atoms with Crippen LogP contribution in [0.1, 0.15) is 38.5 Å². The van der Waals surface area contributed by atoms with E-state index in [1.807, 2.05) is 11.7 Å². The van der Waals surface area contributed by atoms with Crippen molar-refractivity contribution in [3.8, 4) is 0 Å². The van der Waals surface area contributed by atoms with E-state index in [2.05, 4.69) is 58.0 Å². The Morgan fingerprint density at radius 2 is 1.76 bits per heavy atom. The van der Waals surface area contributed by atoms with Crippen LogP contribution < -0.4 is 15.1 Å². The number of nitrogens with one attached hydrogen (secondary N) is 1. The molecule has 0 spiro atoms. The molecule has 34 heavy (non-hydrogen) atoms. The zero-order valence-electron chi connectivity index (χ0n) is 20.6. The standard InChI is InChI=1S/C28H38N6/c1-19-12-13-34(21(3)29-19)28-26-11-10-25(14-27(26)31(4)30-28)33-17-24(18-33)23-15-32(16-23)20(2)22-8-6-5-7-9-22/h10-11,14,22-24,29H,1-3,5-9,12-13,15-18H2,4H3. The van der Waals surface area contributed by atoms with Crippen LogP contribution in [0.2, 0.25) is 0 Å². The molecule has 0 radical (unpaired) electrons. The highest BCUT2D eigenvalue weighted by Gasteiger charge is 2.41. The lowest BCUT2D eigenvalue weighted by atomic mass is 9.78. The van der Waals surface area contributed by atoms with Gasteiger partial charge in [0.05, 0.1) is 5.52 Å². The molecule has 1 aromatic heterocycles. The van der Waals surface area contributed by atoms with E-state index in [0.717, 1.165) is 48.1 Å². The molecule has 6 rings (SSSR count). The van der Waals surface area contributed by atoms with Crippen LogP contribution in [-0.4, -0.2) is 47.4 Å². The van der Waals surface area contributed by atoms with Crippen LogP contribution in [0.15, 0.2) is 55.2 Å². The zero-order valence-corrected chi connectivity index (χ0v) is 20.6. The number of nitrogens with zero attached hydrogens (tertiary/aromatic N) is 5. The van der Waals surface area contributed by atoms with Crippen LogP contribution in [0.5, 0.6) is 0 Å². The summed E-state index contributed by atoms with van der Waals surface area (Å²) in [5, 5.41) is 9.29. The second kappa shape index (κ2) is 8.40. The SMILES string of the molecule is C=C1CCN(c2nn(C)c3cc(N4CC(C5CN(C(=C)C6CCCCC6)C5)C4)ccc23)C(=C)N1. The van der Waals surface area contributed by atoms with Gasteiger partial charge in [-0.3, -0.25) is 4.68 Å². The second-order valence-electron chi connectivity index (χ2n) is 10.9. The first-order valence-electron chi connectivity index (χ1n) is 13.0. The van der Waals surface area contributed by atoms with Gasteiger partial charge in [0.15, 0.2) is 5.82 Å². The van der Waals surface area contributed by atoms with Crippen LogP contribution in [0.25, 0.3) is 10.9 Å². The van der Waals surface area contributed by atoms with Gasteiger partial charge in [0.1, 0.15) is 5.82 Å². The smallest absolute Gasteiger partial charge is 0.164 e. The van der Waals surface area contributed by atoms with Gasteiger partial charge in [0.2, 0.25) is 0 Å². The third-order valence-corrected chi connectivity index (χ3v) is 8.69. The first-order chi connectivity index (χ1) is 16.5. The number of hydrogen-bond donors (Lipinski definition) is 1. The molecule has 4 fully saturated rings. The molecule has 0 atom stereocenters. The van der Waals surface area contributed by atoms with Gasteiger partial charge in [-0.1, -0.05) is 39.0 Å². The molecular formula is C28H38N6. The molecule has 0 amide bonds. The average molecular weight is 459 g/mol. The quantitative estimate of drug-likeness (QED) is 0.696. The van der Waals surface area contributed by atoms with Crippen molar-refractivity contribution >= 4 is 22.4 Å². The summed E-state index contributed by atoms with van der Waals surface area (Å²) in [6.45, 7) is 18.3. The van der Waals surface area contributed by atoms with Crippen molar-refractivity contribution in [3.63, 3.8) is 0 Å². The van der Waals surface area contributed by atoms with E-state index in [1.165, 1.54) is 80.6 Å². The average Bonchev–Trinajstić information content (AvgIpc) is 3.10. The molecule has 3 saturated heterocycles. The Morgan fingerprint density at radius 3 is 2.50 bits per heavy atom. The highest BCUT2D eigenvalue weighted by molar-refractivity contribution is 5.93. The maximum Gasteiger partial charge on any atom is 0.164 e. The Bertz CT molecular complexity index is 1130. The van der Waals surface area contributed by atoms with Crippen LogP contribution in [0.4, 0.5) is 11.5 Å². The molecule has 1 aromatic carbocycles. The molecule has 1 aliphatic carbocycles. The number of rotatable bonds is 5. The number of aromatic nitrogens is 2. The first kappa shape index (κ1) is 21.6. The molecule has 4 aliphatic rings. The van der Waals surface area contributed by atoms with Crippen molar-refractivity contribution in [2.75, 3.05) is 42.5 Å². The van der Waals surface area contributed by atoms with Gasteiger partial charge in [-0.15, -0.1) is 0 Å². The van der Waals surface area contributed by atoms with Crippen molar-refractivity contribution in [3.05, 3.63) is 55.2 Å². The molecule has 1 saturated carbocycles. The minimum atomic E-state index is 0.750. The van der Waals surface area contributed by atoms with Gasteiger partial charge >= 0.3 is 0 Å². The van der Waals surface area contributed by atoms with E-state index >= 15 is 0 Å². The summed E-state index contributed by atoms with van der Waals surface area (Å²) in [7, 11) is 2.04. The Kier molecular flexibility index (Phi) is 5.34. The Balaban J connectivity index is 1.08. The minimum Gasteiger partial charge on any atom is -0.374 e. The van der Waals surface area contributed by atoms with Crippen molar-refractivity contribution in [1.29, 1.82) is 0 Å². The number of likely N-dealkylation sites (tertiary alicyclic amines) is 1. The molecule has 6 heteroatoms. The molecule has 1 N–H and O–H groups in total. The topological polar surface area (TPSA) is 39.6 Å². The number of hydrogen-bond acceptors (Lipinski definition) is 5. The largest absolute Gasteiger partial charge is 0.374 e. The lowest BCUT2D eigenvalue weighted by Gasteiger charge is -2.53. The van der Waals surface area contributed by atoms with Gasteiger partial charge in [0.25, 0.3) is 0 Å². The first-order valence-corrected chi connectivity index (χ1v) is 13.0. The molecule has 4 heterocycles. The third kappa shape index (κ3) is 3.68. The van der Waals surface area contributed by atoms with Crippen LogP contribution in [0.3, 0.4) is 0 Å². The van der Waals surface area contributed by atoms with Gasteiger partial charge in [-0.2, -0.15) is 5.10 Å². The third-order valence-electron chi connectivity index (χ3n) is 8.69. The van der Waals surface area contributed by atoms with E-state index in [1.54, 1.807) is 0 Å². The summed E-state index contributed by atoms with van der Waals surface area (Å²) in [4.78, 5) is 7.27. The van der Waals surface area contributed by atoms with E-state index in [4.69, 9.17) is 5.10 Å². The highest BCUT2D eigenvalue weighted by atomic mass is 15.4. The van der Waals surface area contributed by atoms with E-state index in [0.29, 0.717) is 0 Å². The molecule has 0 unspecified atom stereocenters. The van der Waals surface area contributed by atoms with Crippen molar-refractivity contribution < 1.29 is 0 Å². The van der Waals surface area contributed by atoms with Crippen molar-refractivity contribution in [2.24, 2.45) is 24.8 Å². The summed E-state index contributed by atoms with van der Waals surface area (Å²) < 4.78 is 2.00. The minimum absolute atomic E-state index is 0.750. The van der Waals surface area contributed by atoms with Crippen LogP contribution in [0, 0.1) is 17.8 Å². The number of benzene rings is 1. The Hall–Kier alpha value is -2.89. The maximum atomic E-state index is 4.84. The number of aryl methyl sites for hydroxylation is 1. The van der Waals surface area contributed by atoms with E-state index in [9.17, 15) is 0 Å². The highest BCUT2D eigenvalue weighted by Crippen LogP contribution is 2.40. The lowest BCUT2D eigenvalue weighted by Crippen LogP contribution is -2.59.